The molecule has 1 amide bonds. The Hall–Kier alpha value is -2.73. The van der Waals surface area contributed by atoms with Gasteiger partial charge >= 0.3 is 5.97 Å². The van der Waals surface area contributed by atoms with Crippen LogP contribution in [0.1, 0.15) is 51.2 Å². The lowest BCUT2D eigenvalue weighted by Gasteiger charge is -2.35. The van der Waals surface area contributed by atoms with Gasteiger partial charge in [0.15, 0.2) is 0 Å². The molecule has 2 aromatic carbocycles. The number of amides is 1. The van der Waals surface area contributed by atoms with Crippen LogP contribution in [-0.4, -0.2) is 22.4 Å². The van der Waals surface area contributed by atoms with Crippen molar-refractivity contribution in [2.75, 3.05) is 0 Å². The zero-order valence-corrected chi connectivity index (χ0v) is 18.6. The van der Waals surface area contributed by atoms with Gasteiger partial charge in [-0.25, -0.2) is 13.6 Å². The van der Waals surface area contributed by atoms with Crippen LogP contribution in [-0.2, 0) is 20.9 Å². The summed E-state index contributed by atoms with van der Waals surface area (Å²) in [5.74, 6) is -2.81. The average molecular weight is 448 g/mol. The molecule has 1 atom stereocenters. The first-order valence-corrected chi connectivity index (χ1v) is 10.3. The fourth-order valence-electron chi connectivity index (χ4n) is 3.69. The molecule has 164 valence electrons. The molecule has 0 aromatic heterocycles. The van der Waals surface area contributed by atoms with Crippen LogP contribution in [0.25, 0.3) is 0 Å². The average Bonchev–Trinajstić information content (AvgIpc) is 2.62. The minimum Gasteiger partial charge on any atom is -0.457 e. The molecular formula is C24H24ClF2NO3. The molecule has 1 aliphatic rings. The van der Waals surface area contributed by atoms with Crippen molar-refractivity contribution in [1.29, 1.82) is 0 Å². The molecule has 0 unspecified atom stereocenters. The Balaban J connectivity index is 2.07. The maximum Gasteiger partial charge on any atom is 0.336 e. The van der Waals surface area contributed by atoms with Gasteiger partial charge in [-0.15, -0.1) is 0 Å². The summed E-state index contributed by atoms with van der Waals surface area (Å²) in [4.78, 5) is 27.5. The van der Waals surface area contributed by atoms with E-state index in [4.69, 9.17) is 16.3 Å². The van der Waals surface area contributed by atoms with Crippen LogP contribution in [0.3, 0.4) is 0 Å². The van der Waals surface area contributed by atoms with Crippen LogP contribution in [0.5, 0.6) is 0 Å². The number of benzene rings is 2. The van der Waals surface area contributed by atoms with Gasteiger partial charge in [0, 0.05) is 29.1 Å². The van der Waals surface area contributed by atoms with Gasteiger partial charge in [0.2, 0.25) is 5.91 Å². The third-order valence-electron chi connectivity index (χ3n) is 4.96. The number of allylic oxidation sites excluding steroid dienone is 1. The van der Waals surface area contributed by atoms with Gasteiger partial charge in [0.25, 0.3) is 0 Å². The van der Waals surface area contributed by atoms with Crippen molar-refractivity contribution in [2.24, 2.45) is 0 Å². The normalized spacial score (nSPS) is 17.2. The summed E-state index contributed by atoms with van der Waals surface area (Å²) in [6.07, 6.45) is 0.00402. The number of carbonyl (C=O) groups is 2. The Morgan fingerprint density at radius 1 is 1.16 bits per heavy atom. The molecule has 0 saturated carbocycles. The molecule has 7 heteroatoms. The summed E-state index contributed by atoms with van der Waals surface area (Å²) in [5, 5.41) is 0.490. The van der Waals surface area contributed by atoms with Gasteiger partial charge in [0.05, 0.1) is 12.1 Å². The van der Waals surface area contributed by atoms with Gasteiger partial charge in [-0.05, 0) is 63.1 Å². The molecule has 4 nitrogen and oxygen atoms in total. The molecule has 31 heavy (non-hydrogen) atoms. The van der Waals surface area contributed by atoms with E-state index in [-0.39, 0.29) is 24.4 Å². The fraction of sp³-hybridized carbons (Fsp3) is 0.333. The summed E-state index contributed by atoms with van der Waals surface area (Å²) in [7, 11) is 0. The number of rotatable bonds is 4. The van der Waals surface area contributed by atoms with Crippen molar-refractivity contribution in [3.05, 3.63) is 81.5 Å². The van der Waals surface area contributed by atoms with Crippen molar-refractivity contribution < 1.29 is 23.1 Å². The largest absolute Gasteiger partial charge is 0.457 e. The Bertz CT molecular complexity index is 1040. The maximum absolute atomic E-state index is 13.6. The molecule has 3 rings (SSSR count). The molecular weight excluding hydrogens is 424 g/mol. The van der Waals surface area contributed by atoms with E-state index in [9.17, 15) is 18.4 Å². The maximum atomic E-state index is 13.6. The predicted molar refractivity (Wildman–Crippen MR) is 114 cm³/mol. The summed E-state index contributed by atoms with van der Waals surface area (Å²) in [6, 6.07) is 10.1. The van der Waals surface area contributed by atoms with Gasteiger partial charge in [0.1, 0.15) is 17.2 Å². The third kappa shape index (κ3) is 5.50. The van der Waals surface area contributed by atoms with E-state index in [1.165, 1.54) is 17.0 Å². The van der Waals surface area contributed by atoms with Crippen molar-refractivity contribution in [3.63, 3.8) is 0 Å². The second-order valence-electron chi connectivity index (χ2n) is 8.57. The molecule has 0 aliphatic carbocycles. The number of carbonyl (C=O) groups excluding carboxylic acids is 2. The van der Waals surface area contributed by atoms with Gasteiger partial charge in [-0.1, -0.05) is 23.7 Å². The first-order chi connectivity index (χ1) is 14.4. The van der Waals surface area contributed by atoms with Gasteiger partial charge < -0.3 is 9.64 Å². The van der Waals surface area contributed by atoms with Crippen LogP contribution in [0.15, 0.2) is 53.7 Å². The number of ether oxygens (including phenoxy) is 1. The second-order valence-corrected chi connectivity index (χ2v) is 9.01. The van der Waals surface area contributed by atoms with Crippen LogP contribution >= 0.6 is 11.6 Å². The molecule has 0 radical (unpaired) electrons. The number of nitrogens with zero attached hydrogens (tertiary/aromatic N) is 1. The Morgan fingerprint density at radius 2 is 1.81 bits per heavy atom. The quantitative estimate of drug-likeness (QED) is 0.560. The number of halogens is 3. The molecule has 1 aliphatic heterocycles. The zero-order chi connectivity index (χ0) is 22.9. The summed E-state index contributed by atoms with van der Waals surface area (Å²) >= 11 is 6.14. The minimum atomic E-state index is -0.735. The van der Waals surface area contributed by atoms with Crippen LogP contribution in [0.4, 0.5) is 8.78 Å². The Kier molecular flexibility index (Phi) is 6.51. The highest BCUT2D eigenvalue weighted by Gasteiger charge is 2.38. The summed E-state index contributed by atoms with van der Waals surface area (Å²) in [6.45, 7) is 6.86. The van der Waals surface area contributed by atoms with E-state index < -0.39 is 29.1 Å². The summed E-state index contributed by atoms with van der Waals surface area (Å²) in [5.41, 5.74) is 0.988. The van der Waals surface area contributed by atoms with E-state index >= 15 is 0 Å². The predicted octanol–water partition coefficient (Wildman–Crippen LogP) is 5.75. The number of hydrogen-bond acceptors (Lipinski definition) is 3. The smallest absolute Gasteiger partial charge is 0.336 e. The van der Waals surface area contributed by atoms with E-state index in [1.807, 2.05) is 0 Å². The minimum absolute atomic E-state index is 0.00402. The molecule has 0 fully saturated rings. The molecule has 0 N–H and O–H groups in total. The zero-order valence-electron chi connectivity index (χ0n) is 17.8. The molecule has 1 heterocycles. The third-order valence-corrected chi connectivity index (χ3v) is 5.19. The van der Waals surface area contributed by atoms with Crippen molar-refractivity contribution >= 4 is 23.5 Å². The Labute approximate surface area is 185 Å². The lowest BCUT2D eigenvalue weighted by atomic mass is 9.83. The monoisotopic (exact) mass is 447 g/mol. The molecule has 2 aromatic rings. The lowest BCUT2D eigenvalue weighted by Crippen LogP contribution is -2.39. The first kappa shape index (κ1) is 22.9. The number of hydrogen-bond donors (Lipinski definition) is 0. The highest BCUT2D eigenvalue weighted by atomic mass is 35.5. The Morgan fingerprint density at radius 3 is 2.39 bits per heavy atom. The second kappa shape index (κ2) is 8.79. The van der Waals surface area contributed by atoms with Crippen LogP contribution in [0, 0.1) is 11.6 Å². The number of esters is 1. The van der Waals surface area contributed by atoms with Crippen LogP contribution < -0.4 is 0 Å². The van der Waals surface area contributed by atoms with Gasteiger partial charge in [-0.2, -0.15) is 0 Å². The van der Waals surface area contributed by atoms with E-state index in [2.05, 4.69) is 0 Å². The van der Waals surface area contributed by atoms with Crippen molar-refractivity contribution in [2.45, 2.75) is 52.2 Å². The molecule has 0 saturated heterocycles. The fourth-order valence-corrected chi connectivity index (χ4v) is 3.89. The van der Waals surface area contributed by atoms with Crippen LogP contribution in [0.2, 0.25) is 5.02 Å². The van der Waals surface area contributed by atoms with E-state index in [0.717, 1.165) is 11.6 Å². The van der Waals surface area contributed by atoms with Crippen molar-refractivity contribution in [1.82, 2.24) is 4.90 Å². The van der Waals surface area contributed by atoms with Gasteiger partial charge in [-0.3, -0.25) is 4.79 Å². The summed E-state index contributed by atoms with van der Waals surface area (Å²) < 4.78 is 32.9. The van der Waals surface area contributed by atoms with E-state index in [0.29, 0.717) is 16.3 Å². The first-order valence-electron chi connectivity index (χ1n) is 9.89. The van der Waals surface area contributed by atoms with Crippen molar-refractivity contribution in [3.8, 4) is 0 Å². The topological polar surface area (TPSA) is 46.6 Å². The lowest BCUT2D eigenvalue weighted by molar-refractivity contribution is -0.150. The molecule has 0 bridgehead atoms. The SMILES string of the molecule is CC1=C(C(=O)OC(C)(C)C)[C@H](c2cccc(Cl)c2)CC(=O)N1Cc1cc(F)cc(F)c1. The van der Waals surface area contributed by atoms with E-state index in [1.54, 1.807) is 52.0 Å². The molecule has 0 spiro atoms. The highest BCUT2D eigenvalue weighted by molar-refractivity contribution is 6.30. The standard InChI is InChI=1S/C24H24ClF2NO3/c1-14-22(23(30)31-24(2,3)4)20(16-6-5-7-17(25)10-16)12-21(29)28(14)13-15-8-18(26)11-19(27)9-15/h5-11,20H,12-13H2,1-4H3/t20-/m0/s1. The highest BCUT2D eigenvalue weighted by Crippen LogP contribution is 2.39.